The van der Waals surface area contributed by atoms with Crippen molar-refractivity contribution in [3.8, 4) is 0 Å². The second kappa shape index (κ2) is 7.38. The van der Waals surface area contributed by atoms with Gasteiger partial charge in [-0.05, 0) is 24.3 Å². The molecule has 0 atom stereocenters. The van der Waals surface area contributed by atoms with E-state index in [0.717, 1.165) is 10.6 Å². The molecule has 3 rings (SSSR count). The number of benzene rings is 2. The van der Waals surface area contributed by atoms with Crippen LogP contribution in [0.3, 0.4) is 0 Å². The average molecular weight is 428 g/mol. The quantitative estimate of drug-likeness (QED) is 0.812. The predicted molar refractivity (Wildman–Crippen MR) is 106 cm³/mol. The summed E-state index contributed by atoms with van der Waals surface area (Å²) in [5.74, 6) is -0.937. The Labute approximate surface area is 166 Å². The van der Waals surface area contributed by atoms with Crippen molar-refractivity contribution in [2.24, 2.45) is 0 Å². The number of carbonyl (C=O) groups is 2. The van der Waals surface area contributed by atoms with Crippen molar-refractivity contribution in [1.82, 2.24) is 0 Å². The van der Waals surface area contributed by atoms with E-state index in [-0.39, 0.29) is 28.2 Å². The van der Waals surface area contributed by atoms with Crippen LogP contribution in [-0.4, -0.2) is 39.6 Å². The highest BCUT2D eigenvalue weighted by molar-refractivity contribution is 7.92. The second-order valence-corrected chi connectivity index (χ2v) is 8.58. The number of hydrogen-bond donors (Lipinski definition) is 1. The third kappa shape index (κ3) is 4.02. The molecular formula is C17H15Cl2N3O4S. The molecule has 2 aromatic rings. The molecule has 2 aromatic carbocycles. The van der Waals surface area contributed by atoms with Gasteiger partial charge >= 0.3 is 0 Å². The molecule has 7 nitrogen and oxygen atoms in total. The van der Waals surface area contributed by atoms with Crippen LogP contribution in [0.25, 0.3) is 0 Å². The summed E-state index contributed by atoms with van der Waals surface area (Å²) in [5.41, 5.74) is 1.07. The molecule has 0 fully saturated rings. The minimum atomic E-state index is -3.84. The van der Waals surface area contributed by atoms with Gasteiger partial charge < -0.3 is 5.32 Å². The molecule has 0 bridgehead atoms. The van der Waals surface area contributed by atoms with Gasteiger partial charge in [-0.15, -0.1) is 0 Å². The standard InChI is InChI=1S/C17H15Cl2N3O4S/c1-27(25,26)22(14-8-4-5-11(18)17(14)19)10-16(24)21-9-15(23)20-12-6-2-3-7-13(12)21/h2-8H,9-10H2,1H3,(H,20,23). The van der Waals surface area contributed by atoms with Gasteiger partial charge in [-0.3, -0.25) is 18.8 Å². The molecule has 10 heteroatoms. The number of nitrogens with zero attached hydrogens (tertiary/aromatic N) is 2. The Bertz CT molecular complexity index is 1030. The number of nitrogens with one attached hydrogen (secondary N) is 1. The summed E-state index contributed by atoms with van der Waals surface area (Å²) in [7, 11) is -3.84. The van der Waals surface area contributed by atoms with Gasteiger partial charge in [0.25, 0.3) is 0 Å². The fraction of sp³-hybridized carbons (Fsp3) is 0.176. The highest BCUT2D eigenvalue weighted by Gasteiger charge is 2.31. The lowest BCUT2D eigenvalue weighted by Gasteiger charge is -2.31. The molecule has 0 saturated heterocycles. The van der Waals surface area contributed by atoms with Crippen molar-refractivity contribution in [3.63, 3.8) is 0 Å². The molecule has 0 aliphatic carbocycles. The molecule has 27 heavy (non-hydrogen) atoms. The summed E-state index contributed by atoms with van der Waals surface area (Å²) < 4.78 is 25.5. The zero-order valence-corrected chi connectivity index (χ0v) is 16.5. The molecule has 0 saturated carbocycles. The molecular weight excluding hydrogens is 413 g/mol. The SMILES string of the molecule is CS(=O)(=O)N(CC(=O)N1CC(=O)Nc2ccccc21)c1cccc(Cl)c1Cl. The fourth-order valence-corrected chi connectivity index (χ4v) is 4.03. The maximum Gasteiger partial charge on any atom is 0.248 e. The summed E-state index contributed by atoms with van der Waals surface area (Å²) in [5, 5.41) is 2.86. The van der Waals surface area contributed by atoms with Crippen molar-refractivity contribution in [1.29, 1.82) is 0 Å². The van der Waals surface area contributed by atoms with Crippen LogP contribution < -0.4 is 14.5 Å². The van der Waals surface area contributed by atoms with Gasteiger partial charge in [-0.25, -0.2) is 8.42 Å². The van der Waals surface area contributed by atoms with Gasteiger partial charge in [0.2, 0.25) is 21.8 Å². The van der Waals surface area contributed by atoms with Crippen molar-refractivity contribution in [3.05, 3.63) is 52.5 Å². The van der Waals surface area contributed by atoms with Crippen molar-refractivity contribution < 1.29 is 18.0 Å². The van der Waals surface area contributed by atoms with Gasteiger partial charge in [-0.2, -0.15) is 0 Å². The van der Waals surface area contributed by atoms with Gasteiger partial charge in [0.05, 0.1) is 33.4 Å². The van der Waals surface area contributed by atoms with Crippen LogP contribution in [-0.2, 0) is 19.6 Å². The zero-order valence-electron chi connectivity index (χ0n) is 14.1. The summed E-state index contributed by atoms with van der Waals surface area (Å²) in [4.78, 5) is 26.1. The minimum absolute atomic E-state index is 0.0224. The Balaban J connectivity index is 1.97. The van der Waals surface area contributed by atoms with E-state index in [1.807, 2.05) is 0 Å². The first kappa shape index (κ1) is 19.5. The van der Waals surface area contributed by atoms with Crippen LogP contribution in [0.1, 0.15) is 0 Å². The first-order chi connectivity index (χ1) is 12.7. The topological polar surface area (TPSA) is 86.8 Å². The zero-order chi connectivity index (χ0) is 19.8. The third-order valence-corrected chi connectivity index (χ3v) is 5.89. The lowest BCUT2D eigenvalue weighted by Crippen LogP contribution is -2.47. The Kier molecular flexibility index (Phi) is 5.32. The van der Waals surface area contributed by atoms with E-state index in [4.69, 9.17) is 23.2 Å². The van der Waals surface area contributed by atoms with E-state index in [2.05, 4.69) is 5.32 Å². The number of halogens is 2. The number of sulfonamides is 1. The Hall–Kier alpha value is -2.29. The molecule has 2 amide bonds. The molecule has 1 heterocycles. The lowest BCUT2D eigenvalue weighted by molar-refractivity contribution is -0.121. The monoisotopic (exact) mass is 427 g/mol. The van der Waals surface area contributed by atoms with Gasteiger partial charge in [-0.1, -0.05) is 41.4 Å². The van der Waals surface area contributed by atoms with E-state index in [1.165, 1.54) is 23.1 Å². The van der Waals surface area contributed by atoms with Gasteiger partial charge in [0.15, 0.2) is 0 Å². The Morgan fingerprint density at radius 1 is 1.19 bits per heavy atom. The normalized spacial score (nSPS) is 13.7. The maximum absolute atomic E-state index is 12.9. The van der Waals surface area contributed by atoms with Crippen LogP contribution in [0, 0.1) is 0 Å². The van der Waals surface area contributed by atoms with Gasteiger partial charge in [0.1, 0.15) is 13.1 Å². The lowest BCUT2D eigenvalue weighted by atomic mass is 10.2. The van der Waals surface area contributed by atoms with Crippen LogP contribution >= 0.6 is 23.2 Å². The first-order valence-electron chi connectivity index (χ1n) is 7.79. The van der Waals surface area contributed by atoms with Crippen LogP contribution in [0.5, 0.6) is 0 Å². The number of para-hydroxylation sites is 2. The summed E-state index contributed by atoms with van der Waals surface area (Å²) in [6.07, 6.45) is 0.967. The fourth-order valence-electron chi connectivity index (χ4n) is 2.73. The number of hydrogen-bond acceptors (Lipinski definition) is 4. The van der Waals surface area contributed by atoms with Crippen LogP contribution in [0.4, 0.5) is 17.1 Å². The molecule has 0 unspecified atom stereocenters. The second-order valence-electron chi connectivity index (χ2n) is 5.89. The molecule has 1 N–H and O–H groups in total. The van der Waals surface area contributed by atoms with E-state index < -0.39 is 22.5 Å². The Morgan fingerprint density at radius 2 is 1.89 bits per heavy atom. The van der Waals surface area contributed by atoms with Crippen LogP contribution in [0.15, 0.2) is 42.5 Å². The highest BCUT2D eigenvalue weighted by atomic mass is 35.5. The molecule has 142 valence electrons. The average Bonchev–Trinajstić information content (AvgIpc) is 2.60. The van der Waals surface area contributed by atoms with Crippen molar-refractivity contribution in [2.75, 3.05) is 33.9 Å². The third-order valence-electron chi connectivity index (χ3n) is 3.95. The first-order valence-corrected chi connectivity index (χ1v) is 10.4. The number of rotatable bonds is 4. The smallest absolute Gasteiger partial charge is 0.248 e. The van der Waals surface area contributed by atoms with Crippen LogP contribution in [0.2, 0.25) is 10.0 Å². The van der Waals surface area contributed by atoms with E-state index >= 15 is 0 Å². The van der Waals surface area contributed by atoms with Crippen molar-refractivity contribution >= 4 is 62.1 Å². The molecule has 1 aliphatic rings. The minimum Gasteiger partial charge on any atom is -0.323 e. The molecule has 0 radical (unpaired) electrons. The van der Waals surface area contributed by atoms with Crippen molar-refractivity contribution in [2.45, 2.75) is 0 Å². The molecule has 1 aliphatic heterocycles. The number of fused-ring (bicyclic) bond motifs is 1. The molecule has 0 aromatic heterocycles. The number of anilines is 3. The summed E-state index contributed by atoms with van der Waals surface area (Å²) >= 11 is 12.1. The summed E-state index contributed by atoms with van der Waals surface area (Å²) in [6.45, 7) is -0.739. The largest absolute Gasteiger partial charge is 0.323 e. The molecule has 0 spiro atoms. The van der Waals surface area contributed by atoms with Gasteiger partial charge in [0, 0.05) is 0 Å². The van der Waals surface area contributed by atoms with E-state index in [0.29, 0.717) is 11.4 Å². The Morgan fingerprint density at radius 3 is 2.59 bits per heavy atom. The summed E-state index contributed by atoms with van der Waals surface area (Å²) in [6, 6.07) is 11.3. The maximum atomic E-state index is 12.9. The number of amides is 2. The predicted octanol–water partition coefficient (Wildman–Crippen LogP) is 2.74. The van der Waals surface area contributed by atoms with E-state index in [1.54, 1.807) is 24.3 Å². The van der Waals surface area contributed by atoms with E-state index in [9.17, 15) is 18.0 Å². The number of carbonyl (C=O) groups excluding carboxylic acids is 2. The highest BCUT2D eigenvalue weighted by Crippen LogP contribution is 2.34.